The van der Waals surface area contributed by atoms with Crippen LogP contribution in [0.4, 0.5) is 0 Å². The highest BCUT2D eigenvalue weighted by atomic mass is 16.3. The number of aliphatic hydroxyl groups excluding tert-OH is 1. The monoisotopic (exact) mass is 85.1 g/mol. The van der Waals surface area contributed by atoms with Crippen molar-refractivity contribution in [2.75, 3.05) is 6.61 Å². The van der Waals surface area contributed by atoms with Gasteiger partial charge in [-0.15, -0.1) is 0 Å². The summed E-state index contributed by atoms with van der Waals surface area (Å²) in [6.07, 6.45) is 3.22. The average molecular weight is 85.1 g/mol. The minimum Gasteiger partial charge on any atom is -0.396 e. The van der Waals surface area contributed by atoms with Crippen molar-refractivity contribution in [1.29, 1.82) is 0 Å². The Balaban J connectivity index is 2.28. The molecule has 0 saturated heterocycles. The van der Waals surface area contributed by atoms with Gasteiger partial charge >= 0.3 is 0 Å². The van der Waals surface area contributed by atoms with Crippen LogP contribution in [0.3, 0.4) is 0 Å². The Hall–Kier alpha value is -0.0400. The molecule has 0 bridgehead atoms. The second-order valence-electron chi connectivity index (χ2n) is 2.22. The first-order chi connectivity index (χ1) is 2.77. The molecule has 0 spiro atoms. The lowest BCUT2D eigenvalue weighted by Gasteiger charge is -1.95. The highest BCUT2D eigenvalue weighted by Crippen LogP contribution is 2.42. The Morgan fingerprint density at radius 1 is 2.00 bits per heavy atom. The molecule has 1 fully saturated rings. The van der Waals surface area contributed by atoms with Gasteiger partial charge in [-0.1, -0.05) is 6.92 Å². The van der Waals surface area contributed by atoms with Gasteiger partial charge in [-0.05, 0) is 18.3 Å². The lowest BCUT2D eigenvalue weighted by molar-refractivity contribution is 0.232. The maximum Gasteiger partial charge on any atom is 0.0487 e. The standard InChI is InChI=1S/C5H9O/c1-5(4-6)2-3-5/h2,6H,3-4H2,1H3/t5-/m0/s1. The molecule has 1 atom stereocenters. The van der Waals surface area contributed by atoms with Crippen molar-refractivity contribution in [3.05, 3.63) is 6.42 Å². The molecule has 1 N–H and O–H groups in total. The molecule has 0 aromatic heterocycles. The number of aliphatic hydroxyl groups is 1. The van der Waals surface area contributed by atoms with Crippen molar-refractivity contribution in [2.45, 2.75) is 13.3 Å². The summed E-state index contributed by atoms with van der Waals surface area (Å²) in [5.74, 6) is 0. The summed E-state index contributed by atoms with van der Waals surface area (Å²) in [6, 6.07) is 0. The fourth-order valence-electron chi connectivity index (χ4n) is 0.303. The SMILES string of the molecule is C[C@]1(CO)[CH]C1. The van der Waals surface area contributed by atoms with Crippen molar-refractivity contribution in [1.82, 2.24) is 0 Å². The maximum absolute atomic E-state index is 8.43. The molecule has 1 saturated carbocycles. The second-order valence-corrected chi connectivity index (χ2v) is 2.22. The van der Waals surface area contributed by atoms with Crippen LogP contribution in [0.25, 0.3) is 0 Å². The van der Waals surface area contributed by atoms with Crippen molar-refractivity contribution in [3.63, 3.8) is 0 Å². The Kier molecular flexibility index (Phi) is 0.667. The molecule has 1 nitrogen and oxygen atoms in total. The summed E-state index contributed by atoms with van der Waals surface area (Å²) < 4.78 is 0. The smallest absolute Gasteiger partial charge is 0.0487 e. The van der Waals surface area contributed by atoms with Crippen molar-refractivity contribution < 1.29 is 5.11 Å². The van der Waals surface area contributed by atoms with Crippen molar-refractivity contribution in [2.24, 2.45) is 5.41 Å². The molecule has 0 heterocycles. The predicted molar refractivity (Wildman–Crippen MR) is 24.1 cm³/mol. The molecule has 1 heteroatoms. The molecule has 35 valence electrons. The molecule has 0 aromatic rings. The van der Waals surface area contributed by atoms with Crippen LogP contribution in [-0.2, 0) is 0 Å². The average Bonchev–Trinajstić information content (AvgIpc) is 2.22. The van der Waals surface area contributed by atoms with E-state index in [-0.39, 0.29) is 5.41 Å². The molecule has 1 radical (unpaired) electrons. The molecule has 0 unspecified atom stereocenters. The highest BCUT2D eigenvalue weighted by molar-refractivity contribution is 5.06. The third-order valence-corrected chi connectivity index (χ3v) is 1.26. The molecule has 0 aromatic carbocycles. The van der Waals surface area contributed by atoms with Gasteiger partial charge in [-0.2, -0.15) is 0 Å². The normalized spacial score (nSPS) is 27.0. The van der Waals surface area contributed by atoms with E-state index in [1.807, 2.05) is 6.92 Å². The van der Waals surface area contributed by atoms with Crippen LogP contribution in [0.5, 0.6) is 0 Å². The van der Waals surface area contributed by atoms with E-state index in [0.717, 1.165) is 6.42 Å². The number of rotatable bonds is 1. The van der Waals surface area contributed by atoms with Gasteiger partial charge in [-0.3, -0.25) is 0 Å². The summed E-state index contributed by atoms with van der Waals surface area (Å²) in [5, 5.41) is 8.43. The molecular weight excluding hydrogens is 76.1 g/mol. The minimum atomic E-state index is 0.222. The van der Waals surface area contributed by atoms with Crippen LogP contribution in [-0.4, -0.2) is 11.7 Å². The van der Waals surface area contributed by atoms with Gasteiger partial charge in [-0.25, -0.2) is 0 Å². The van der Waals surface area contributed by atoms with Gasteiger partial charge in [0.05, 0.1) is 0 Å². The predicted octanol–water partition coefficient (Wildman–Crippen LogP) is 0.593. The summed E-state index contributed by atoms with van der Waals surface area (Å²) in [7, 11) is 0. The van der Waals surface area contributed by atoms with E-state index >= 15 is 0 Å². The van der Waals surface area contributed by atoms with Gasteiger partial charge < -0.3 is 5.11 Å². The Morgan fingerprint density at radius 3 is 2.50 bits per heavy atom. The van der Waals surface area contributed by atoms with E-state index in [2.05, 4.69) is 6.42 Å². The van der Waals surface area contributed by atoms with Gasteiger partial charge in [0, 0.05) is 6.61 Å². The van der Waals surface area contributed by atoms with E-state index in [1.54, 1.807) is 0 Å². The molecule has 1 aliphatic rings. The second kappa shape index (κ2) is 0.969. The van der Waals surface area contributed by atoms with Gasteiger partial charge in [0.15, 0.2) is 0 Å². The van der Waals surface area contributed by atoms with Crippen LogP contribution in [0, 0.1) is 11.8 Å². The first-order valence-electron chi connectivity index (χ1n) is 2.22. The van der Waals surface area contributed by atoms with Gasteiger partial charge in [0.25, 0.3) is 0 Å². The largest absolute Gasteiger partial charge is 0.396 e. The minimum absolute atomic E-state index is 0.222. The van der Waals surface area contributed by atoms with Gasteiger partial charge in [0.1, 0.15) is 0 Å². The van der Waals surface area contributed by atoms with E-state index in [0.29, 0.717) is 6.61 Å². The quantitative estimate of drug-likeness (QED) is 0.494. The molecule has 1 aliphatic carbocycles. The van der Waals surface area contributed by atoms with E-state index in [1.165, 1.54) is 0 Å². The summed E-state index contributed by atoms with van der Waals surface area (Å²) in [6.45, 7) is 2.38. The van der Waals surface area contributed by atoms with Crippen molar-refractivity contribution >= 4 is 0 Å². The Bertz CT molecular complexity index is 55.0. The fraction of sp³-hybridized carbons (Fsp3) is 0.800. The first kappa shape index (κ1) is 4.13. The zero-order valence-electron chi connectivity index (χ0n) is 3.94. The number of hydrogen-bond acceptors (Lipinski definition) is 1. The number of hydrogen-bond donors (Lipinski definition) is 1. The third-order valence-electron chi connectivity index (χ3n) is 1.26. The third kappa shape index (κ3) is 0.548. The molecule has 0 aliphatic heterocycles. The Labute approximate surface area is 38.0 Å². The van der Waals surface area contributed by atoms with Crippen LogP contribution in [0.2, 0.25) is 0 Å². The fourth-order valence-corrected chi connectivity index (χ4v) is 0.303. The van der Waals surface area contributed by atoms with E-state index in [9.17, 15) is 0 Å². The van der Waals surface area contributed by atoms with Gasteiger partial charge in [0.2, 0.25) is 0 Å². The molecule has 0 amide bonds. The summed E-state index contributed by atoms with van der Waals surface area (Å²) >= 11 is 0. The molecule has 1 rings (SSSR count). The van der Waals surface area contributed by atoms with E-state index < -0.39 is 0 Å². The highest BCUT2D eigenvalue weighted by Gasteiger charge is 2.36. The molecular formula is C5H9O. The summed E-state index contributed by atoms with van der Waals surface area (Å²) in [4.78, 5) is 0. The Morgan fingerprint density at radius 2 is 2.50 bits per heavy atom. The van der Waals surface area contributed by atoms with Crippen LogP contribution < -0.4 is 0 Å². The lowest BCUT2D eigenvalue weighted by Crippen LogP contribution is -1.97. The first-order valence-corrected chi connectivity index (χ1v) is 2.22. The van der Waals surface area contributed by atoms with Crippen LogP contribution in [0.15, 0.2) is 0 Å². The van der Waals surface area contributed by atoms with Crippen molar-refractivity contribution in [3.8, 4) is 0 Å². The van der Waals surface area contributed by atoms with Crippen LogP contribution >= 0.6 is 0 Å². The maximum atomic E-state index is 8.43. The zero-order valence-corrected chi connectivity index (χ0v) is 3.94. The van der Waals surface area contributed by atoms with Crippen LogP contribution in [0.1, 0.15) is 13.3 Å². The lowest BCUT2D eigenvalue weighted by atomic mass is 10.2. The van der Waals surface area contributed by atoms with E-state index in [4.69, 9.17) is 5.11 Å². The zero-order chi connectivity index (χ0) is 4.62. The summed E-state index contributed by atoms with van der Waals surface area (Å²) in [5.41, 5.74) is 0.222. The molecule has 6 heavy (non-hydrogen) atoms. The topological polar surface area (TPSA) is 20.2 Å².